The lowest BCUT2D eigenvalue weighted by Gasteiger charge is -2.17. The first-order valence-electron chi connectivity index (χ1n) is 12.9. The van der Waals surface area contributed by atoms with Gasteiger partial charge in [0, 0.05) is 11.4 Å². The minimum Gasteiger partial charge on any atom is -0.480 e. The first-order chi connectivity index (χ1) is 21.3. The lowest BCUT2D eigenvalue weighted by atomic mass is 10.1. The predicted molar refractivity (Wildman–Crippen MR) is 163 cm³/mol. The monoisotopic (exact) mass is 671 g/mol. The van der Waals surface area contributed by atoms with E-state index in [1.54, 1.807) is 24.3 Å². The summed E-state index contributed by atoms with van der Waals surface area (Å²) in [5.41, 5.74) is 6.26. The zero-order valence-electron chi connectivity index (χ0n) is 22.6. The fourth-order valence-electron chi connectivity index (χ4n) is 4.73. The molecule has 4 aromatic rings. The van der Waals surface area contributed by atoms with Gasteiger partial charge < -0.3 is 10.8 Å². The Labute approximate surface area is 268 Å². The van der Waals surface area contributed by atoms with Crippen LogP contribution in [0.3, 0.4) is 0 Å². The molecule has 0 fully saturated rings. The fraction of sp³-hybridized carbons (Fsp3) is 0.0645. The van der Waals surface area contributed by atoms with Gasteiger partial charge >= 0.3 is 5.97 Å². The highest BCUT2D eigenvalue weighted by atomic mass is 35.5. The standard InChI is InChI=1S/C17H10Cl2FNO4.C14H8ClFN2O2/c18-11-7-13(20)14(6-8(11)5-12(19)17(24)25)21-15(22)9-3-1-2-4-10(9)16(21)23;15-9-5-10(16)12(6-11(9)17)18-13(19)7-3-1-2-4-8(7)14(18)20/h1-4,6-7,12H,5H2,(H,24,25);1-6H,17H2. The number of anilines is 3. The summed E-state index contributed by atoms with van der Waals surface area (Å²) in [4.78, 5) is 61.8. The summed E-state index contributed by atoms with van der Waals surface area (Å²) in [5.74, 6) is -5.38. The van der Waals surface area contributed by atoms with E-state index in [2.05, 4.69) is 0 Å². The van der Waals surface area contributed by atoms with Crippen molar-refractivity contribution in [1.29, 1.82) is 0 Å². The minimum absolute atomic E-state index is 0.0304. The van der Waals surface area contributed by atoms with Crippen LogP contribution in [0, 0.1) is 11.6 Å². The largest absolute Gasteiger partial charge is 0.480 e. The number of imide groups is 2. The number of nitrogens with zero attached hydrogens (tertiary/aromatic N) is 2. The molecule has 3 N–H and O–H groups in total. The van der Waals surface area contributed by atoms with Gasteiger partial charge in [-0.05, 0) is 54.1 Å². The summed E-state index contributed by atoms with van der Waals surface area (Å²) >= 11 is 17.3. The first-order valence-corrected chi connectivity index (χ1v) is 14.1. The quantitative estimate of drug-likeness (QED) is 0.143. The van der Waals surface area contributed by atoms with Crippen molar-refractivity contribution in [3.63, 3.8) is 0 Å². The van der Waals surface area contributed by atoms with Gasteiger partial charge in [0.05, 0.1) is 44.3 Å². The van der Waals surface area contributed by atoms with Gasteiger partial charge in [-0.2, -0.15) is 0 Å². The number of amides is 4. The molecule has 6 rings (SSSR count). The average Bonchev–Trinajstić information content (AvgIpc) is 3.41. The molecule has 14 heteroatoms. The molecular weight excluding hydrogens is 655 g/mol. The Kier molecular flexibility index (Phi) is 8.61. The molecule has 1 unspecified atom stereocenters. The maximum absolute atomic E-state index is 14.4. The number of halogens is 5. The number of nitrogen functional groups attached to an aromatic ring is 1. The van der Waals surface area contributed by atoms with Gasteiger partial charge in [0.25, 0.3) is 23.6 Å². The molecule has 0 aromatic heterocycles. The maximum Gasteiger partial charge on any atom is 0.321 e. The van der Waals surface area contributed by atoms with Crippen LogP contribution in [0.25, 0.3) is 0 Å². The van der Waals surface area contributed by atoms with Gasteiger partial charge in [0.2, 0.25) is 0 Å². The third-order valence-corrected chi connectivity index (χ3v) is 7.94. The number of alkyl halides is 1. The summed E-state index contributed by atoms with van der Waals surface area (Å²) in [7, 11) is 0. The summed E-state index contributed by atoms with van der Waals surface area (Å²) in [6, 6.07) is 16.7. The molecule has 2 aliphatic rings. The summed E-state index contributed by atoms with van der Waals surface area (Å²) < 4.78 is 28.3. The Morgan fingerprint density at radius 3 is 1.49 bits per heavy atom. The van der Waals surface area contributed by atoms with Crippen LogP contribution in [0.5, 0.6) is 0 Å². The second-order valence-electron chi connectivity index (χ2n) is 9.71. The van der Waals surface area contributed by atoms with Gasteiger partial charge in [-0.1, -0.05) is 47.5 Å². The highest BCUT2D eigenvalue weighted by Gasteiger charge is 2.39. The lowest BCUT2D eigenvalue weighted by molar-refractivity contribution is -0.136. The number of benzene rings is 4. The number of hydrogen-bond donors (Lipinski definition) is 2. The highest BCUT2D eigenvalue weighted by molar-refractivity contribution is 6.37. The van der Waals surface area contributed by atoms with Crippen molar-refractivity contribution >= 4 is 81.5 Å². The van der Waals surface area contributed by atoms with Crippen molar-refractivity contribution in [3.8, 4) is 0 Å². The van der Waals surface area contributed by atoms with Crippen molar-refractivity contribution in [1.82, 2.24) is 0 Å². The van der Waals surface area contributed by atoms with Crippen LogP contribution >= 0.6 is 34.8 Å². The van der Waals surface area contributed by atoms with E-state index in [4.69, 9.17) is 45.6 Å². The summed E-state index contributed by atoms with van der Waals surface area (Å²) in [6.07, 6.45) is -0.188. The highest BCUT2D eigenvalue weighted by Crippen LogP contribution is 2.35. The van der Waals surface area contributed by atoms with Gasteiger partial charge in [-0.3, -0.25) is 24.0 Å². The van der Waals surface area contributed by atoms with E-state index < -0.39 is 46.6 Å². The molecule has 4 aromatic carbocycles. The smallest absolute Gasteiger partial charge is 0.321 e. The Morgan fingerprint density at radius 1 is 0.711 bits per heavy atom. The van der Waals surface area contributed by atoms with Crippen molar-refractivity contribution in [3.05, 3.63) is 122 Å². The SMILES string of the molecule is Nc1cc(N2C(=O)c3ccccc3C2=O)c(F)cc1Cl.O=C(O)C(Cl)Cc1cc(N2C(=O)c3ccccc3C2=O)c(F)cc1Cl. The number of fused-ring (bicyclic) bond motifs is 2. The summed E-state index contributed by atoms with van der Waals surface area (Å²) in [5, 5.41) is 7.62. The molecule has 0 spiro atoms. The minimum atomic E-state index is -1.28. The number of carbonyl (C=O) groups is 5. The predicted octanol–water partition coefficient (Wildman–Crippen LogP) is 6.38. The van der Waals surface area contributed by atoms with E-state index in [9.17, 15) is 32.8 Å². The zero-order chi connectivity index (χ0) is 32.7. The van der Waals surface area contributed by atoms with E-state index >= 15 is 0 Å². The molecule has 4 amide bonds. The fourth-order valence-corrected chi connectivity index (χ4v) is 5.27. The molecule has 0 bridgehead atoms. The van der Waals surface area contributed by atoms with E-state index in [1.165, 1.54) is 36.4 Å². The number of carboxylic acids is 1. The Bertz CT molecular complexity index is 1880. The van der Waals surface area contributed by atoms with Gasteiger partial charge in [-0.15, -0.1) is 11.6 Å². The maximum atomic E-state index is 14.4. The Hall–Kier alpha value is -4.84. The van der Waals surface area contributed by atoms with Crippen molar-refractivity contribution in [2.75, 3.05) is 15.5 Å². The van der Waals surface area contributed by atoms with Crippen LogP contribution in [0.4, 0.5) is 25.8 Å². The van der Waals surface area contributed by atoms with E-state index in [0.29, 0.717) is 4.90 Å². The Morgan fingerprint density at radius 2 is 1.09 bits per heavy atom. The molecule has 0 radical (unpaired) electrons. The zero-order valence-corrected chi connectivity index (χ0v) is 24.8. The molecule has 228 valence electrons. The molecule has 9 nitrogen and oxygen atoms in total. The topological polar surface area (TPSA) is 138 Å². The van der Waals surface area contributed by atoms with Gasteiger partial charge in [0.15, 0.2) is 0 Å². The lowest BCUT2D eigenvalue weighted by Crippen LogP contribution is -2.30. The molecule has 0 saturated carbocycles. The molecule has 0 saturated heterocycles. The second kappa shape index (κ2) is 12.3. The summed E-state index contributed by atoms with van der Waals surface area (Å²) in [6.45, 7) is 0. The molecule has 45 heavy (non-hydrogen) atoms. The Balaban J connectivity index is 0.000000182. The molecule has 0 aliphatic carbocycles. The number of carboxylic acid groups (broad SMARTS) is 1. The van der Waals surface area contributed by atoms with E-state index in [-0.39, 0.29) is 61.3 Å². The van der Waals surface area contributed by atoms with Crippen LogP contribution in [0.15, 0.2) is 72.8 Å². The average molecular weight is 673 g/mol. The first kappa shape index (κ1) is 31.6. The van der Waals surface area contributed by atoms with Crippen molar-refractivity contribution in [2.45, 2.75) is 11.8 Å². The van der Waals surface area contributed by atoms with Gasteiger partial charge in [-0.25, -0.2) is 18.6 Å². The second-order valence-corrected chi connectivity index (χ2v) is 11.1. The van der Waals surface area contributed by atoms with Crippen LogP contribution < -0.4 is 15.5 Å². The third kappa shape index (κ3) is 5.73. The molecule has 2 heterocycles. The van der Waals surface area contributed by atoms with Crippen LogP contribution in [0.2, 0.25) is 10.0 Å². The van der Waals surface area contributed by atoms with Gasteiger partial charge in [0.1, 0.15) is 17.0 Å². The van der Waals surface area contributed by atoms with Crippen molar-refractivity contribution < 1.29 is 37.9 Å². The van der Waals surface area contributed by atoms with Crippen molar-refractivity contribution in [2.24, 2.45) is 0 Å². The van der Waals surface area contributed by atoms with E-state index in [1.807, 2.05) is 0 Å². The third-order valence-electron chi connectivity index (χ3n) is 6.92. The molecule has 1 atom stereocenters. The number of aliphatic carboxylic acids is 1. The molecule has 2 aliphatic heterocycles. The van der Waals surface area contributed by atoms with Crippen LogP contribution in [-0.2, 0) is 11.2 Å². The number of hydrogen-bond acceptors (Lipinski definition) is 6. The normalized spacial score (nSPS) is 14.2. The molecular formula is C31H18Cl3F2N3O6. The number of rotatable bonds is 5. The number of carbonyl (C=O) groups excluding carboxylic acids is 4. The van der Waals surface area contributed by atoms with E-state index in [0.717, 1.165) is 17.0 Å². The number of nitrogens with two attached hydrogens (primary N) is 1. The van der Waals surface area contributed by atoms with Crippen LogP contribution in [-0.4, -0.2) is 40.1 Å². The van der Waals surface area contributed by atoms with Crippen LogP contribution in [0.1, 0.15) is 47.0 Å².